The minimum atomic E-state index is -1.04. The van der Waals surface area contributed by atoms with Crippen molar-refractivity contribution in [1.29, 1.82) is 0 Å². The lowest BCUT2D eigenvalue weighted by Crippen LogP contribution is -2.27. The number of rotatable bonds is 1. The van der Waals surface area contributed by atoms with Gasteiger partial charge in [0.1, 0.15) is 0 Å². The summed E-state index contributed by atoms with van der Waals surface area (Å²) in [4.78, 5) is 11.4. The summed E-state index contributed by atoms with van der Waals surface area (Å²) in [6.07, 6.45) is -1.75. The van der Waals surface area contributed by atoms with Crippen LogP contribution < -0.4 is 0 Å². The number of likely N-dealkylation sites (tertiary alicyclic amines) is 1. The highest BCUT2D eigenvalue weighted by Gasteiger charge is 2.33. The summed E-state index contributed by atoms with van der Waals surface area (Å²) >= 11 is 0. The molecule has 0 aromatic rings. The predicted octanol–water partition coefficient (Wildman–Crippen LogP) is -1.05. The molecule has 2 atom stereocenters. The number of hydrogen-bond donors (Lipinski definition) is 3. The molecule has 1 heterocycles. The summed E-state index contributed by atoms with van der Waals surface area (Å²) in [5, 5.41) is 26.3. The van der Waals surface area contributed by atoms with E-state index in [1.54, 1.807) is 0 Å². The molecular weight excluding hydrogens is 150 g/mol. The Morgan fingerprint density at radius 2 is 2.18 bits per heavy atom. The maximum atomic E-state index is 10.3. The quantitative estimate of drug-likeness (QED) is 0.458. The maximum Gasteiger partial charge on any atom is 0.407 e. The summed E-state index contributed by atoms with van der Waals surface area (Å²) in [7, 11) is 0. The Labute approximate surface area is 63.9 Å². The smallest absolute Gasteiger partial charge is 0.407 e. The largest absolute Gasteiger partial charge is 0.465 e. The lowest BCUT2D eigenvalue weighted by atomic mass is 10.1. The van der Waals surface area contributed by atoms with Gasteiger partial charge in [-0.2, -0.15) is 0 Å². The molecule has 1 aliphatic rings. The molecule has 0 aliphatic carbocycles. The second-order valence-corrected chi connectivity index (χ2v) is 2.70. The van der Waals surface area contributed by atoms with Crippen LogP contribution in [0.1, 0.15) is 0 Å². The van der Waals surface area contributed by atoms with Crippen molar-refractivity contribution in [3.8, 4) is 0 Å². The number of amides is 1. The SMILES string of the molecule is O=C(O)N1C[C@H](CO)[C@@H](O)C1. The molecule has 3 N–H and O–H groups in total. The molecule has 0 unspecified atom stereocenters. The zero-order valence-electron chi connectivity index (χ0n) is 5.97. The zero-order valence-corrected chi connectivity index (χ0v) is 5.97. The first-order valence-corrected chi connectivity index (χ1v) is 3.42. The topological polar surface area (TPSA) is 81.0 Å². The first-order valence-electron chi connectivity index (χ1n) is 3.42. The van der Waals surface area contributed by atoms with E-state index in [9.17, 15) is 4.79 Å². The Bertz CT molecular complexity index is 161. The fraction of sp³-hybridized carbons (Fsp3) is 0.833. The number of aliphatic hydroxyl groups excluding tert-OH is 2. The van der Waals surface area contributed by atoms with Gasteiger partial charge in [0, 0.05) is 12.5 Å². The summed E-state index contributed by atoms with van der Waals surface area (Å²) < 4.78 is 0. The van der Waals surface area contributed by atoms with Crippen molar-refractivity contribution in [3.63, 3.8) is 0 Å². The molecule has 1 aliphatic heterocycles. The molecule has 0 aromatic carbocycles. The summed E-state index contributed by atoms with van der Waals surface area (Å²) in [6.45, 7) is 0.179. The van der Waals surface area contributed by atoms with Gasteiger partial charge in [0.05, 0.1) is 19.3 Å². The molecule has 1 amide bonds. The number of aliphatic hydroxyl groups is 2. The summed E-state index contributed by atoms with van der Waals surface area (Å²) in [6, 6.07) is 0. The minimum Gasteiger partial charge on any atom is -0.465 e. The molecule has 5 nitrogen and oxygen atoms in total. The van der Waals surface area contributed by atoms with Gasteiger partial charge >= 0.3 is 6.09 Å². The Morgan fingerprint density at radius 1 is 1.55 bits per heavy atom. The fourth-order valence-electron chi connectivity index (χ4n) is 1.19. The molecule has 0 radical (unpaired) electrons. The molecule has 64 valence electrons. The van der Waals surface area contributed by atoms with E-state index in [1.165, 1.54) is 0 Å². The van der Waals surface area contributed by atoms with Crippen LogP contribution in [0.4, 0.5) is 4.79 Å². The highest BCUT2D eigenvalue weighted by molar-refractivity contribution is 5.65. The van der Waals surface area contributed by atoms with Crippen LogP contribution in [0.2, 0.25) is 0 Å². The van der Waals surface area contributed by atoms with Gasteiger partial charge < -0.3 is 20.2 Å². The van der Waals surface area contributed by atoms with E-state index < -0.39 is 12.2 Å². The predicted molar refractivity (Wildman–Crippen MR) is 36.2 cm³/mol. The molecule has 0 aromatic heterocycles. The van der Waals surface area contributed by atoms with Crippen LogP contribution in [-0.4, -0.2) is 52.1 Å². The third-order valence-corrected chi connectivity index (χ3v) is 1.91. The van der Waals surface area contributed by atoms with Crippen molar-refractivity contribution in [1.82, 2.24) is 4.90 Å². The monoisotopic (exact) mass is 161 g/mol. The molecule has 1 saturated heterocycles. The Balaban J connectivity index is 2.49. The molecule has 0 spiro atoms. The highest BCUT2D eigenvalue weighted by atomic mass is 16.4. The van der Waals surface area contributed by atoms with Gasteiger partial charge in [-0.05, 0) is 0 Å². The Hall–Kier alpha value is -0.810. The lowest BCUT2D eigenvalue weighted by Gasteiger charge is -2.09. The first kappa shape index (κ1) is 8.29. The first-order chi connectivity index (χ1) is 5.15. The summed E-state index contributed by atoms with van der Waals surface area (Å²) in [5.41, 5.74) is 0. The van der Waals surface area contributed by atoms with Crippen LogP contribution in [0.5, 0.6) is 0 Å². The van der Waals surface area contributed by atoms with Gasteiger partial charge in [0.2, 0.25) is 0 Å². The van der Waals surface area contributed by atoms with Crippen LogP contribution >= 0.6 is 0 Å². The number of nitrogens with zero attached hydrogens (tertiary/aromatic N) is 1. The van der Waals surface area contributed by atoms with Crippen LogP contribution in [0.3, 0.4) is 0 Å². The molecule has 11 heavy (non-hydrogen) atoms. The lowest BCUT2D eigenvalue weighted by molar-refractivity contribution is 0.102. The van der Waals surface area contributed by atoms with E-state index in [0.717, 1.165) is 4.90 Å². The van der Waals surface area contributed by atoms with Gasteiger partial charge in [-0.25, -0.2) is 4.79 Å². The van der Waals surface area contributed by atoms with Gasteiger partial charge in [-0.3, -0.25) is 0 Å². The molecule has 1 fully saturated rings. The van der Waals surface area contributed by atoms with Crippen LogP contribution in [0.25, 0.3) is 0 Å². The van der Waals surface area contributed by atoms with Crippen LogP contribution in [0, 0.1) is 5.92 Å². The van der Waals surface area contributed by atoms with Gasteiger partial charge in [-0.1, -0.05) is 0 Å². The van der Waals surface area contributed by atoms with Crippen molar-refractivity contribution >= 4 is 6.09 Å². The fourth-order valence-corrected chi connectivity index (χ4v) is 1.19. The van der Waals surface area contributed by atoms with E-state index in [1.807, 2.05) is 0 Å². The third kappa shape index (κ3) is 1.61. The second-order valence-electron chi connectivity index (χ2n) is 2.70. The summed E-state index contributed by atoms with van der Waals surface area (Å²) in [5.74, 6) is -0.314. The van der Waals surface area contributed by atoms with Gasteiger partial charge in [-0.15, -0.1) is 0 Å². The normalized spacial score (nSPS) is 30.9. The van der Waals surface area contributed by atoms with Crippen molar-refractivity contribution in [2.24, 2.45) is 5.92 Å². The average molecular weight is 161 g/mol. The van der Waals surface area contributed by atoms with Crippen LogP contribution in [-0.2, 0) is 0 Å². The van der Waals surface area contributed by atoms with Gasteiger partial charge in [0.25, 0.3) is 0 Å². The number of hydrogen-bond acceptors (Lipinski definition) is 3. The minimum absolute atomic E-state index is 0.112. The van der Waals surface area contributed by atoms with E-state index >= 15 is 0 Å². The Morgan fingerprint density at radius 3 is 2.45 bits per heavy atom. The highest BCUT2D eigenvalue weighted by Crippen LogP contribution is 2.15. The number of β-amino-alcohol motifs (C(OH)–C–C–N with tert-alkyl or cyclic N) is 1. The molecule has 1 rings (SSSR count). The zero-order chi connectivity index (χ0) is 8.43. The third-order valence-electron chi connectivity index (χ3n) is 1.91. The van der Waals surface area contributed by atoms with Crippen molar-refractivity contribution < 1.29 is 20.1 Å². The van der Waals surface area contributed by atoms with E-state index in [-0.39, 0.29) is 25.6 Å². The molecule has 0 saturated carbocycles. The second kappa shape index (κ2) is 3.06. The van der Waals surface area contributed by atoms with E-state index in [4.69, 9.17) is 15.3 Å². The number of carbonyl (C=O) groups is 1. The maximum absolute atomic E-state index is 10.3. The Kier molecular flexibility index (Phi) is 2.31. The van der Waals surface area contributed by atoms with Crippen molar-refractivity contribution in [3.05, 3.63) is 0 Å². The van der Waals surface area contributed by atoms with Crippen molar-refractivity contribution in [2.45, 2.75) is 6.10 Å². The number of carboxylic acid groups (broad SMARTS) is 1. The molecular formula is C6H11NO4. The average Bonchev–Trinajstić information content (AvgIpc) is 2.31. The van der Waals surface area contributed by atoms with Crippen molar-refractivity contribution in [2.75, 3.05) is 19.7 Å². The molecule has 5 heteroatoms. The van der Waals surface area contributed by atoms with Crippen LogP contribution in [0.15, 0.2) is 0 Å². The standard InChI is InChI=1S/C6H11NO4/c8-3-4-1-7(6(10)11)2-5(4)9/h4-5,8-9H,1-3H2,(H,10,11)/t4-,5+/m1/s1. The van der Waals surface area contributed by atoms with E-state index in [2.05, 4.69) is 0 Å². The molecule has 0 bridgehead atoms. The van der Waals surface area contributed by atoms with Gasteiger partial charge in [0.15, 0.2) is 0 Å². The van der Waals surface area contributed by atoms with E-state index in [0.29, 0.717) is 0 Å².